The van der Waals surface area contributed by atoms with Crippen molar-refractivity contribution >= 4 is 22.6 Å². The fourth-order valence-corrected chi connectivity index (χ4v) is 3.47. The summed E-state index contributed by atoms with van der Waals surface area (Å²) in [6.45, 7) is 4.61. The van der Waals surface area contributed by atoms with E-state index in [-0.39, 0.29) is 0 Å². The van der Waals surface area contributed by atoms with Gasteiger partial charge in [0.1, 0.15) is 0 Å². The Labute approximate surface area is 125 Å². The summed E-state index contributed by atoms with van der Waals surface area (Å²) in [5.74, 6) is 0. The van der Waals surface area contributed by atoms with Crippen LogP contribution in [0.3, 0.4) is 0 Å². The van der Waals surface area contributed by atoms with Gasteiger partial charge in [-0.05, 0) is 77.9 Å². The highest BCUT2D eigenvalue weighted by molar-refractivity contribution is 14.1. The molecular formula is C16H24IN. The van der Waals surface area contributed by atoms with Gasteiger partial charge in [-0.3, -0.25) is 0 Å². The summed E-state index contributed by atoms with van der Waals surface area (Å²) in [7, 11) is 0. The molecule has 100 valence electrons. The van der Waals surface area contributed by atoms with Gasteiger partial charge in [-0.15, -0.1) is 0 Å². The smallest absolute Gasteiger partial charge is 0.0130 e. The van der Waals surface area contributed by atoms with E-state index >= 15 is 0 Å². The third kappa shape index (κ3) is 3.95. The molecule has 18 heavy (non-hydrogen) atoms. The molecule has 1 aliphatic rings. The molecule has 1 N–H and O–H groups in total. The van der Waals surface area contributed by atoms with Crippen LogP contribution < -0.4 is 5.32 Å². The maximum atomic E-state index is 3.65. The molecule has 2 heteroatoms. The van der Waals surface area contributed by atoms with Gasteiger partial charge in [0.05, 0.1) is 0 Å². The standard InChI is InChI=1S/C16H24IN/c1-2-11-18-13-16(9-3-4-10-16)12-14-5-7-15(17)8-6-14/h5-8,18H,2-4,9-13H2,1H3. The second kappa shape index (κ2) is 6.90. The van der Waals surface area contributed by atoms with Crippen LogP contribution >= 0.6 is 22.6 Å². The van der Waals surface area contributed by atoms with Crippen molar-refractivity contribution in [1.82, 2.24) is 5.32 Å². The Morgan fingerprint density at radius 1 is 1.17 bits per heavy atom. The molecule has 2 rings (SSSR count). The lowest BCUT2D eigenvalue weighted by molar-refractivity contribution is 0.278. The molecule has 0 amide bonds. The monoisotopic (exact) mass is 357 g/mol. The van der Waals surface area contributed by atoms with Gasteiger partial charge in [-0.2, -0.15) is 0 Å². The summed E-state index contributed by atoms with van der Waals surface area (Å²) in [6, 6.07) is 9.08. The first-order chi connectivity index (χ1) is 8.74. The Balaban J connectivity index is 1.99. The predicted molar refractivity (Wildman–Crippen MR) is 86.9 cm³/mol. The summed E-state index contributed by atoms with van der Waals surface area (Å²) in [6.07, 6.45) is 8.11. The van der Waals surface area contributed by atoms with Crippen LogP contribution in [-0.2, 0) is 6.42 Å². The zero-order chi connectivity index (χ0) is 12.8. The third-order valence-electron chi connectivity index (χ3n) is 4.08. The minimum atomic E-state index is 0.530. The first-order valence-electron chi connectivity index (χ1n) is 7.19. The molecule has 1 aromatic rings. The molecule has 1 aliphatic carbocycles. The molecule has 0 radical (unpaired) electrons. The zero-order valence-corrected chi connectivity index (χ0v) is 13.5. The lowest BCUT2D eigenvalue weighted by Gasteiger charge is -2.29. The van der Waals surface area contributed by atoms with E-state index in [1.165, 1.54) is 54.2 Å². The molecule has 0 unspecified atom stereocenters. The maximum absolute atomic E-state index is 3.65. The molecule has 0 aromatic heterocycles. The van der Waals surface area contributed by atoms with E-state index in [1.54, 1.807) is 0 Å². The van der Waals surface area contributed by atoms with E-state index in [2.05, 4.69) is 59.1 Å². The largest absolute Gasteiger partial charge is 0.316 e. The van der Waals surface area contributed by atoms with Gasteiger partial charge in [-0.25, -0.2) is 0 Å². The predicted octanol–water partition coefficient (Wildman–Crippen LogP) is 4.39. The highest BCUT2D eigenvalue weighted by Crippen LogP contribution is 2.40. The van der Waals surface area contributed by atoms with E-state index in [1.807, 2.05) is 0 Å². The highest BCUT2D eigenvalue weighted by Gasteiger charge is 2.33. The minimum absolute atomic E-state index is 0.530. The van der Waals surface area contributed by atoms with Crippen molar-refractivity contribution in [2.45, 2.75) is 45.4 Å². The maximum Gasteiger partial charge on any atom is 0.0130 e. The van der Waals surface area contributed by atoms with Crippen molar-refractivity contribution < 1.29 is 0 Å². The number of nitrogens with one attached hydrogen (secondary N) is 1. The van der Waals surface area contributed by atoms with Crippen LogP contribution in [0.2, 0.25) is 0 Å². The summed E-state index contributed by atoms with van der Waals surface area (Å²) in [4.78, 5) is 0. The summed E-state index contributed by atoms with van der Waals surface area (Å²) in [5, 5.41) is 3.65. The van der Waals surface area contributed by atoms with E-state index in [9.17, 15) is 0 Å². The second-order valence-electron chi connectivity index (χ2n) is 5.69. The van der Waals surface area contributed by atoms with Gasteiger partial charge >= 0.3 is 0 Å². The number of hydrogen-bond donors (Lipinski definition) is 1. The van der Waals surface area contributed by atoms with Gasteiger partial charge in [0.15, 0.2) is 0 Å². The first-order valence-corrected chi connectivity index (χ1v) is 8.27. The molecule has 1 aromatic carbocycles. The Kier molecular flexibility index (Phi) is 5.49. The molecule has 1 fully saturated rings. The average molecular weight is 357 g/mol. The molecule has 0 atom stereocenters. The fourth-order valence-electron chi connectivity index (χ4n) is 3.11. The van der Waals surface area contributed by atoms with Crippen molar-refractivity contribution in [3.05, 3.63) is 33.4 Å². The Bertz CT molecular complexity index is 352. The van der Waals surface area contributed by atoms with Gasteiger partial charge in [0, 0.05) is 10.1 Å². The molecule has 1 saturated carbocycles. The topological polar surface area (TPSA) is 12.0 Å². The van der Waals surface area contributed by atoms with E-state index in [4.69, 9.17) is 0 Å². The van der Waals surface area contributed by atoms with Crippen molar-refractivity contribution in [1.29, 1.82) is 0 Å². The molecular weight excluding hydrogens is 333 g/mol. The van der Waals surface area contributed by atoms with Crippen molar-refractivity contribution in [3.8, 4) is 0 Å². The quantitative estimate of drug-likeness (QED) is 0.588. The van der Waals surface area contributed by atoms with Crippen LogP contribution in [0, 0.1) is 8.99 Å². The van der Waals surface area contributed by atoms with Crippen molar-refractivity contribution in [3.63, 3.8) is 0 Å². The van der Waals surface area contributed by atoms with Gasteiger partial charge < -0.3 is 5.32 Å². The van der Waals surface area contributed by atoms with E-state index in [0.29, 0.717) is 5.41 Å². The first kappa shape index (κ1) is 14.3. The van der Waals surface area contributed by atoms with Crippen LogP contribution in [0.4, 0.5) is 0 Å². The number of rotatable bonds is 6. The lowest BCUT2D eigenvalue weighted by Crippen LogP contribution is -2.34. The lowest BCUT2D eigenvalue weighted by atomic mass is 9.80. The Hall–Kier alpha value is -0.0900. The molecule has 0 heterocycles. The second-order valence-corrected chi connectivity index (χ2v) is 6.93. The number of hydrogen-bond acceptors (Lipinski definition) is 1. The Morgan fingerprint density at radius 3 is 2.44 bits per heavy atom. The van der Waals surface area contributed by atoms with Crippen LogP contribution in [-0.4, -0.2) is 13.1 Å². The molecule has 0 spiro atoms. The minimum Gasteiger partial charge on any atom is -0.316 e. The normalized spacial score (nSPS) is 18.1. The molecule has 0 aliphatic heterocycles. The van der Waals surface area contributed by atoms with Crippen molar-refractivity contribution in [2.24, 2.45) is 5.41 Å². The van der Waals surface area contributed by atoms with Crippen LogP contribution in [0.25, 0.3) is 0 Å². The molecule has 0 saturated heterocycles. The zero-order valence-electron chi connectivity index (χ0n) is 11.3. The number of benzene rings is 1. The van der Waals surface area contributed by atoms with Gasteiger partial charge in [0.2, 0.25) is 0 Å². The van der Waals surface area contributed by atoms with Crippen LogP contribution in [0.1, 0.15) is 44.6 Å². The van der Waals surface area contributed by atoms with Gasteiger partial charge in [0.25, 0.3) is 0 Å². The van der Waals surface area contributed by atoms with E-state index in [0.717, 1.165) is 6.54 Å². The van der Waals surface area contributed by atoms with E-state index < -0.39 is 0 Å². The van der Waals surface area contributed by atoms with Crippen LogP contribution in [0.15, 0.2) is 24.3 Å². The SMILES string of the molecule is CCCNCC1(Cc2ccc(I)cc2)CCCC1. The Morgan fingerprint density at radius 2 is 1.83 bits per heavy atom. The number of halogens is 1. The van der Waals surface area contributed by atoms with Gasteiger partial charge in [-0.1, -0.05) is 31.9 Å². The third-order valence-corrected chi connectivity index (χ3v) is 4.80. The summed E-state index contributed by atoms with van der Waals surface area (Å²) >= 11 is 2.38. The van der Waals surface area contributed by atoms with Crippen molar-refractivity contribution in [2.75, 3.05) is 13.1 Å². The summed E-state index contributed by atoms with van der Waals surface area (Å²) in [5.41, 5.74) is 2.04. The average Bonchev–Trinajstić information content (AvgIpc) is 2.82. The van der Waals surface area contributed by atoms with Crippen LogP contribution in [0.5, 0.6) is 0 Å². The fraction of sp³-hybridized carbons (Fsp3) is 0.625. The highest BCUT2D eigenvalue weighted by atomic mass is 127. The molecule has 1 nitrogen and oxygen atoms in total. The summed E-state index contributed by atoms with van der Waals surface area (Å²) < 4.78 is 1.33. The molecule has 0 bridgehead atoms.